The molecule has 0 radical (unpaired) electrons. The van der Waals surface area contributed by atoms with Crippen LogP contribution in [0.1, 0.15) is 33.6 Å². The molecule has 0 unspecified atom stereocenters. The highest BCUT2D eigenvalue weighted by Crippen LogP contribution is 2.20. The molecule has 37 heavy (non-hydrogen) atoms. The van der Waals surface area contributed by atoms with Gasteiger partial charge in [0.25, 0.3) is 5.91 Å². The second-order valence-electron chi connectivity index (χ2n) is 8.71. The van der Waals surface area contributed by atoms with Gasteiger partial charge in [-0.3, -0.25) is 9.59 Å². The highest BCUT2D eigenvalue weighted by Gasteiger charge is 2.26. The van der Waals surface area contributed by atoms with Crippen molar-refractivity contribution in [1.29, 1.82) is 0 Å². The number of halogens is 1. The maximum absolute atomic E-state index is 12.6. The Bertz CT molecular complexity index is 1380. The largest absolute Gasteiger partial charge is 0.480 e. The van der Waals surface area contributed by atoms with Crippen molar-refractivity contribution in [3.05, 3.63) is 86.6 Å². The van der Waals surface area contributed by atoms with Crippen molar-refractivity contribution < 1.29 is 23.1 Å². The number of aryl methyl sites for hydroxylation is 3. The Morgan fingerprint density at radius 3 is 2.46 bits per heavy atom. The molecular weight excluding hydrogens is 607 g/mol. The number of nitrogens with one attached hydrogen (secondary N) is 3. The van der Waals surface area contributed by atoms with E-state index < -0.39 is 34.5 Å². The number of aromatic nitrogens is 1. The minimum absolute atomic E-state index is 0.0528. The van der Waals surface area contributed by atoms with Gasteiger partial charge in [0.05, 0.1) is 4.90 Å². The number of nitrogens with zero attached hydrogens (tertiary/aromatic N) is 1. The Morgan fingerprint density at radius 1 is 1.03 bits per heavy atom. The summed E-state index contributed by atoms with van der Waals surface area (Å²) in [5.41, 5.74) is 3.64. The Morgan fingerprint density at radius 2 is 1.76 bits per heavy atom. The van der Waals surface area contributed by atoms with Gasteiger partial charge >= 0.3 is 5.97 Å². The molecule has 3 aromatic rings. The first-order chi connectivity index (χ1) is 17.7. The summed E-state index contributed by atoms with van der Waals surface area (Å²) in [5, 5.41) is 15.3. The molecule has 194 valence electrons. The maximum Gasteiger partial charge on any atom is 0.323 e. The van der Waals surface area contributed by atoms with Crippen molar-refractivity contribution in [2.24, 2.45) is 0 Å². The molecule has 1 aliphatic rings. The molecule has 0 saturated carbocycles. The predicted octanol–water partition coefficient (Wildman–Crippen LogP) is 2.99. The third-order valence-corrected chi connectivity index (χ3v) is 8.23. The summed E-state index contributed by atoms with van der Waals surface area (Å²) < 4.78 is 28.1. The second-order valence-corrected chi connectivity index (χ2v) is 11.7. The number of carboxylic acids is 1. The van der Waals surface area contributed by atoms with Crippen molar-refractivity contribution in [1.82, 2.24) is 15.0 Å². The third-order valence-electron chi connectivity index (χ3n) is 6.02. The average molecular weight is 634 g/mol. The number of fused-ring (bicyclic) bond motifs is 1. The number of carbonyl (C=O) groups excluding carboxylic acids is 1. The fourth-order valence-electron chi connectivity index (χ4n) is 3.95. The van der Waals surface area contributed by atoms with Crippen molar-refractivity contribution in [2.45, 2.75) is 36.6 Å². The lowest BCUT2D eigenvalue weighted by atomic mass is 10.0. The minimum atomic E-state index is -4.07. The van der Waals surface area contributed by atoms with Crippen molar-refractivity contribution in [3.63, 3.8) is 0 Å². The Hall–Kier alpha value is -3.03. The Kier molecular flexibility index (Phi) is 8.77. The number of hydrogen-bond donors (Lipinski definition) is 4. The quantitative estimate of drug-likeness (QED) is 0.252. The third kappa shape index (κ3) is 7.27. The summed E-state index contributed by atoms with van der Waals surface area (Å²) in [6, 6.07) is 15.7. The molecule has 0 aliphatic carbocycles. The van der Waals surface area contributed by atoms with E-state index >= 15 is 0 Å². The molecule has 0 bridgehead atoms. The van der Waals surface area contributed by atoms with E-state index in [0.717, 1.165) is 52.9 Å². The summed E-state index contributed by atoms with van der Waals surface area (Å²) in [4.78, 5) is 28.9. The molecule has 1 aromatic heterocycles. The first-order valence-electron chi connectivity index (χ1n) is 11.8. The standard InChI is InChI=1S/C26H27IN4O5S/c27-20-9-13-22(14-10-20)37(35,36)31-23(26(33)34)16-29-25(32)19-6-3-17(4-7-19)5-11-21-12-8-18-2-1-15-28-24(18)30-21/h3-4,6-10,12-14,23,31H,1-2,5,11,15-16H2,(H,28,30)(H,29,32)(H,33,34)/t23-/m0/s1. The Labute approximate surface area is 229 Å². The molecular formula is C26H27IN4O5S. The zero-order valence-corrected chi connectivity index (χ0v) is 22.9. The van der Waals surface area contributed by atoms with Gasteiger partial charge in [-0.15, -0.1) is 0 Å². The number of hydrogen-bond acceptors (Lipinski definition) is 6. The number of amides is 1. The van der Waals surface area contributed by atoms with Gasteiger partial charge in [0.15, 0.2) is 0 Å². The van der Waals surface area contributed by atoms with E-state index in [1.807, 2.05) is 34.7 Å². The number of anilines is 1. The normalized spacial score (nSPS) is 13.8. The van der Waals surface area contributed by atoms with Gasteiger partial charge in [0.2, 0.25) is 10.0 Å². The molecule has 0 saturated heterocycles. The summed E-state index contributed by atoms with van der Waals surface area (Å²) in [6.45, 7) is 0.538. The van der Waals surface area contributed by atoms with Crippen LogP contribution in [0.3, 0.4) is 0 Å². The zero-order chi connectivity index (χ0) is 26.4. The topological polar surface area (TPSA) is 137 Å². The molecule has 1 amide bonds. The summed E-state index contributed by atoms with van der Waals surface area (Å²) >= 11 is 2.04. The fraction of sp³-hybridized carbons (Fsp3) is 0.269. The van der Waals surface area contributed by atoms with Gasteiger partial charge < -0.3 is 15.7 Å². The average Bonchev–Trinajstić information content (AvgIpc) is 2.90. The molecule has 4 N–H and O–H groups in total. The number of carbonyl (C=O) groups is 2. The highest BCUT2D eigenvalue weighted by molar-refractivity contribution is 14.1. The lowest BCUT2D eigenvalue weighted by Gasteiger charge is -2.17. The van der Waals surface area contributed by atoms with Crippen LogP contribution in [0.25, 0.3) is 0 Å². The van der Waals surface area contributed by atoms with E-state index in [1.165, 1.54) is 17.7 Å². The van der Waals surface area contributed by atoms with E-state index in [-0.39, 0.29) is 4.90 Å². The lowest BCUT2D eigenvalue weighted by molar-refractivity contribution is -0.138. The number of benzene rings is 2. The van der Waals surface area contributed by atoms with Crippen LogP contribution in [-0.4, -0.2) is 49.5 Å². The van der Waals surface area contributed by atoms with Gasteiger partial charge in [-0.05, 0) is 102 Å². The number of sulfonamides is 1. The highest BCUT2D eigenvalue weighted by atomic mass is 127. The Balaban J connectivity index is 1.31. The smallest absolute Gasteiger partial charge is 0.323 e. The van der Waals surface area contributed by atoms with Crippen LogP contribution in [0.15, 0.2) is 65.6 Å². The zero-order valence-electron chi connectivity index (χ0n) is 19.9. The summed E-state index contributed by atoms with van der Waals surface area (Å²) in [7, 11) is -4.07. The molecule has 0 spiro atoms. The maximum atomic E-state index is 12.6. The van der Waals surface area contributed by atoms with Crippen LogP contribution in [0, 0.1) is 3.57 Å². The van der Waals surface area contributed by atoms with Crippen LogP contribution in [0.5, 0.6) is 0 Å². The number of aliphatic carboxylic acids is 1. The first-order valence-corrected chi connectivity index (χ1v) is 14.4. The molecule has 2 heterocycles. The van der Waals surface area contributed by atoms with Gasteiger partial charge in [-0.1, -0.05) is 18.2 Å². The number of rotatable bonds is 10. The second kappa shape index (κ2) is 12.0. The molecule has 11 heteroatoms. The van der Waals surface area contributed by atoms with E-state index in [9.17, 15) is 23.1 Å². The van der Waals surface area contributed by atoms with Crippen LogP contribution >= 0.6 is 22.6 Å². The molecule has 9 nitrogen and oxygen atoms in total. The predicted molar refractivity (Wildman–Crippen MR) is 148 cm³/mol. The van der Waals surface area contributed by atoms with Gasteiger partial charge in [0.1, 0.15) is 11.9 Å². The first kappa shape index (κ1) is 27.0. The van der Waals surface area contributed by atoms with Gasteiger partial charge in [0, 0.05) is 27.9 Å². The molecule has 1 aliphatic heterocycles. The van der Waals surface area contributed by atoms with Crippen molar-refractivity contribution in [3.8, 4) is 0 Å². The number of carboxylic acid groups (broad SMARTS) is 1. The summed E-state index contributed by atoms with van der Waals surface area (Å²) in [6.07, 6.45) is 3.69. The lowest BCUT2D eigenvalue weighted by Crippen LogP contribution is -2.48. The van der Waals surface area contributed by atoms with Crippen LogP contribution in [-0.2, 0) is 34.1 Å². The van der Waals surface area contributed by atoms with Crippen molar-refractivity contribution >= 4 is 50.3 Å². The van der Waals surface area contributed by atoms with E-state index in [2.05, 4.69) is 27.5 Å². The minimum Gasteiger partial charge on any atom is -0.480 e. The monoisotopic (exact) mass is 634 g/mol. The van der Waals surface area contributed by atoms with E-state index in [0.29, 0.717) is 5.56 Å². The molecule has 1 atom stereocenters. The van der Waals surface area contributed by atoms with E-state index in [4.69, 9.17) is 4.98 Å². The van der Waals surface area contributed by atoms with Crippen LogP contribution < -0.4 is 15.4 Å². The van der Waals surface area contributed by atoms with Crippen molar-refractivity contribution in [2.75, 3.05) is 18.4 Å². The van der Waals surface area contributed by atoms with Gasteiger partial charge in [-0.25, -0.2) is 13.4 Å². The molecule has 4 rings (SSSR count). The number of pyridine rings is 1. The van der Waals surface area contributed by atoms with Crippen LogP contribution in [0.2, 0.25) is 0 Å². The molecule has 2 aromatic carbocycles. The SMILES string of the molecule is O=C(NC[C@H](NS(=O)(=O)c1ccc(I)cc1)C(=O)O)c1ccc(CCc2ccc3c(n2)NCCC3)cc1. The fourth-order valence-corrected chi connectivity index (χ4v) is 5.50. The molecule has 0 fully saturated rings. The summed E-state index contributed by atoms with van der Waals surface area (Å²) in [5.74, 6) is -0.916. The van der Waals surface area contributed by atoms with E-state index in [1.54, 1.807) is 24.3 Å². The van der Waals surface area contributed by atoms with Gasteiger partial charge in [-0.2, -0.15) is 4.72 Å². The van der Waals surface area contributed by atoms with Crippen LogP contribution in [0.4, 0.5) is 5.82 Å².